The predicted molar refractivity (Wildman–Crippen MR) is 115 cm³/mol. The Hall–Kier alpha value is -3.60. The third-order valence-corrected chi connectivity index (χ3v) is 4.96. The molecule has 0 saturated carbocycles. The standard InChI is InChI=1S/C24H21NO4/c1-14-4-7-18(8-5-14)28-13-23(26)25-17-6-9-19-22(12-17)29-21-11-16(3)15(2)10-20(21)24(19)27/h4-12H,13H2,1-3H3,(H,25,26). The van der Waals surface area contributed by atoms with Gasteiger partial charge < -0.3 is 14.5 Å². The SMILES string of the molecule is Cc1ccc(OCC(=O)Nc2ccc3c(=O)c4cc(C)c(C)cc4oc3c2)cc1. The van der Waals surface area contributed by atoms with E-state index in [0.717, 1.165) is 16.7 Å². The summed E-state index contributed by atoms with van der Waals surface area (Å²) in [6.45, 7) is 5.82. The summed E-state index contributed by atoms with van der Waals surface area (Å²) in [7, 11) is 0. The lowest BCUT2D eigenvalue weighted by atomic mass is 10.1. The zero-order valence-corrected chi connectivity index (χ0v) is 16.5. The summed E-state index contributed by atoms with van der Waals surface area (Å²) in [5.41, 5.74) is 4.66. The van der Waals surface area contributed by atoms with Gasteiger partial charge in [-0.05, 0) is 68.3 Å². The van der Waals surface area contributed by atoms with Gasteiger partial charge in [0.1, 0.15) is 16.9 Å². The predicted octanol–water partition coefficient (Wildman–Crippen LogP) is 4.89. The Morgan fingerprint density at radius 2 is 1.59 bits per heavy atom. The highest BCUT2D eigenvalue weighted by Crippen LogP contribution is 2.24. The van der Waals surface area contributed by atoms with E-state index in [0.29, 0.717) is 33.4 Å². The lowest BCUT2D eigenvalue weighted by molar-refractivity contribution is -0.118. The molecule has 0 aliphatic rings. The number of hydrogen-bond acceptors (Lipinski definition) is 4. The fraction of sp³-hybridized carbons (Fsp3) is 0.167. The number of nitrogens with one attached hydrogen (secondary N) is 1. The first-order chi connectivity index (χ1) is 13.9. The van der Waals surface area contributed by atoms with Crippen molar-refractivity contribution in [3.05, 3.63) is 81.5 Å². The van der Waals surface area contributed by atoms with Crippen molar-refractivity contribution in [3.63, 3.8) is 0 Å². The minimum absolute atomic E-state index is 0.0788. The molecule has 5 heteroatoms. The molecule has 3 aromatic carbocycles. The lowest BCUT2D eigenvalue weighted by Crippen LogP contribution is -2.20. The van der Waals surface area contributed by atoms with Crippen LogP contribution in [-0.2, 0) is 4.79 Å². The van der Waals surface area contributed by atoms with Gasteiger partial charge in [-0.1, -0.05) is 17.7 Å². The van der Waals surface area contributed by atoms with Gasteiger partial charge in [0.15, 0.2) is 6.61 Å². The monoisotopic (exact) mass is 387 g/mol. The average Bonchev–Trinajstić information content (AvgIpc) is 2.69. The Kier molecular flexibility index (Phi) is 4.80. The van der Waals surface area contributed by atoms with Crippen LogP contribution in [0.2, 0.25) is 0 Å². The van der Waals surface area contributed by atoms with E-state index in [1.54, 1.807) is 18.2 Å². The first-order valence-corrected chi connectivity index (χ1v) is 9.38. The third-order valence-electron chi connectivity index (χ3n) is 4.96. The molecule has 0 atom stereocenters. The zero-order valence-electron chi connectivity index (χ0n) is 16.5. The fourth-order valence-corrected chi connectivity index (χ4v) is 3.17. The minimum Gasteiger partial charge on any atom is -0.484 e. The van der Waals surface area contributed by atoms with E-state index in [1.165, 1.54) is 0 Å². The Balaban J connectivity index is 1.57. The van der Waals surface area contributed by atoms with E-state index in [-0.39, 0.29) is 17.9 Å². The van der Waals surface area contributed by atoms with Gasteiger partial charge in [-0.25, -0.2) is 0 Å². The molecule has 1 heterocycles. The molecule has 1 aromatic heterocycles. The molecule has 5 nitrogen and oxygen atoms in total. The summed E-state index contributed by atoms with van der Waals surface area (Å²) in [4.78, 5) is 25.0. The maximum Gasteiger partial charge on any atom is 0.262 e. The summed E-state index contributed by atoms with van der Waals surface area (Å²) >= 11 is 0. The van der Waals surface area contributed by atoms with Crippen molar-refractivity contribution in [2.45, 2.75) is 20.8 Å². The van der Waals surface area contributed by atoms with Crippen molar-refractivity contribution in [1.29, 1.82) is 0 Å². The fourth-order valence-electron chi connectivity index (χ4n) is 3.17. The highest BCUT2D eigenvalue weighted by Gasteiger charge is 2.11. The topological polar surface area (TPSA) is 68.5 Å². The van der Waals surface area contributed by atoms with Gasteiger partial charge in [0, 0.05) is 11.8 Å². The number of aryl methyl sites for hydroxylation is 3. The molecule has 0 aliphatic carbocycles. The molecule has 1 amide bonds. The molecule has 0 spiro atoms. The largest absolute Gasteiger partial charge is 0.484 e. The van der Waals surface area contributed by atoms with Crippen molar-refractivity contribution < 1.29 is 13.9 Å². The van der Waals surface area contributed by atoms with E-state index in [2.05, 4.69) is 5.32 Å². The third kappa shape index (κ3) is 3.85. The number of rotatable bonds is 4. The summed E-state index contributed by atoms with van der Waals surface area (Å²) < 4.78 is 11.4. The van der Waals surface area contributed by atoms with Gasteiger partial charge >= 0.3 is 0 Å². The van der Waals surface area contributed by atoms with Gasteiger partial charge in [-0.2, -0.15) is 0 Å². The Morgan fingerprint density at radius 3 is 2.34 bits per heavy atom. The van der Waals surface area contributed by atoms with Crippen LogP contribution in [0.3, 0.4) is 0 Å². The van der Waals surface area contributed by atoms with Crippen LogP contribution in [-0.4, -0.2) is 12.5 Å². The quantitative estimate of drug-likeness (QED) is 0.506. The number of carbonyl (C=O) groups is 1. The number of ether oxygens (including phenoxy) is 1. The van der Waals surface area contributed by atoms with Crippen molar-refractivity contribution in [1.82, 2.24) is 0 Å². The van der Waals surface area contributed by atoms with Gasteiger partial charge in [-0.15, -0.1) is 0 Å². The Labute approximate surface area is 167 Å². The molecule has 29 heavy (non-hydrogen) atoms. The second kappa shape index (κ2) is 7.43. The molecule has 0 fully saturated rings. The van der Waals surface area contributed by atoms with Crippen LogP contribution in [0.5, 0.6) is 5.75 Å². The van der Waals surface area contributed by atoms with Crippen LogP contribution in [0, 0.1) is 20.8 Å². The molecule has 0 aliphatic heterocycles. The van der Waals surface area contributed by atoms with Crippen molar-refractivity contribution in [2.24, 2.45) is 0 Å². The Bertz CT molecular complexity index is 1290. The number of carbonyl (C=O) groups excluding carboxylic acids is 1. The molecular formula is C24H21NO4. The van der Waals surface area contributed by atoms with Crippen LogP contribution in [0.1, 0.15) is 16.7 Å². The van der Waals surface area contributed by atoms with Crippen LogP contribution in [0.15, 0.2) is 63.8 Å². The molecule has 0 bridgehead atoms. The van der Waals surface area contributed by atoms with Gasteiger partial charge in [-0.3, -0.25) is 9.59 Å². The van der Waals surface area contributed by atoms with Crippen LogP contribution in [0.4, 0.5) is 5.69 Å². The zero-order chi connectivity index (χ0) is 20.5. The summed E-state index contributed by atoms with van der Waals surface area (Å²) in [6.07, 6.45) is 0. The summed E-state index contributed by atoms with van der Waals surface area (Å²) in [5, 5.41) is 3.82. The summed E-state index contributed by atoms with van der Waals surface area (Å²) in [5.74, 6) is 0.340. The van der Waals surface area contributed by atoms with Crippen LogP contribution >= 0.6 is 0 Å². The summed E-state index contributed by atoms with van der Waals surface area (Å²) in [6, 6.07) is 16.2. The van der Waals surface area contributed by atoms with E-state index >= 15 is 0 Å². The van der Waals surface area contributed by atoms with Gasteiger partial charge in [0.2, 0.25) is 5.43 Å². The van der Waals surface area contributed by atoms with E-state index in [1.807, 2.05) is 57.2 Å². The molecule has 0 radical (unpaired) electrons. The number of fused-ring (bicyclic) bond motifs is 2. The smallest absolute Gasteiger partial charge is 0.262 e. The molecule has 1 N–H and O–H groups in total. The van der Waals surface area contributed by atoms with Crippen LogP contribution in [0.25, 0.3) is 21.9 Å². The first kappa shape index (κ1) is 18.7. The van der Waals surface area contributed by atoms with E-state index in [4.69, 9.17) is 9.15 Å². The minimum atomic E-state index is -0.292. The maximum atomic E-state index is 12.8. The molecule has 4 rings (SSSR count). The average molecular weight is 387 g/mol. The normalized spacial score (nSPS) is 11.0. The maximum absolute atomic E-state index is 12.8. The van der Waals surface area contributed by atoms with E-state index < -0.39 is 0 Å². The van der Waals surface area contributed by atoms with Crippen molar-refractivity contribution >= 4 is 33.5 Å². The molecule has 146 valence electrons. The molecule has 4 aromatic rings. The molecule has 0 saturated heterocycles. The molecular weight excluding hydrogens is 366 g/mol. The lowest BCUT2D eigenvalue weighted by Gasteiger charge is -2.09. The molecule has 0 unspecified atom stereocenters. The van der Waals surface area contributed by atoms with E-state index in [9.17, 15) is 9.59 Å². The number of hydrogen-bond donors (Lipinski definition) is 1. The second-order valence-corrected chi connectivity index (χ2v) is 7.22. The number of benzene rings is 3. The van der Waals surface area contributed by atoms with Crippen LogP contribution < -0.4 is 15.5 Å². The van der Waals surface area contributed by atoms with Gasteiger partial charge in [0.05, 0.1) is 10.8 Å². The van der Waals surface area contributed by atoms with Crippen molar-refractivity contribution in [3.8, 4) is 5.75 Å². The Morgan fingerprint density at radius 1 is 0.897 bits per heavy atom. The first-order valence-electron chi connectivity index (χ1n) is 9.38. The highest BCUT2D eigenvalue weighted by molar-refractivity contribution is 5.96. The highest BCUT2D eigenvalue weighted by atomic mass is 16.5. The number of amides is 1. The number of anilines is 1. The van der Waals surface area contributed by atoms with Crippen molar-refractivity contribution in [2.75, 3.05) is 11.9 Å². The second-order valence-electron chi connectivity index (χ2n) is 7.22. The van der Waals surface area contributed by atoms with Gasteiger partial charge in [0.25, 0.3) is 5.91 Å².